The molecule has 5 rings (SSSR count). The molecule has 0 N–H and O–H groups in total. The molecule has 2 aliphatic rings. The van der Waals surface area contributed by atoms with Gasteiger partial charge in [0.15, 0.2) is 5.82 Å². The molecule has 2 aliphatic heterocycles. The highest BCUT2D eigenvalue weighted by molar-refractivity contribution is 5.82. The molecule has 4 heterocycles. The second kappa shape index (κ2) is 9.31. The molecule has 2 fully saturated rings. The summed E-state index contributed by atoms with van der Waals surface area (Å²) in [4.78, 5) is 28.5. The molecule has 3 aromatic rings. The zero-order valence-electron chi connectivity index (χ0n) is 19.4. The first-order chi connectivity index (χ1) is 16.1. The first kappa shape index (κ1) is 21.6. The van der Waals surface area contributed by atoms with Gasteiger partial charge in [-0.25, -0.2) is 14.6 Å². The molecular formula is C25H31N7O. The van der Waals surface area contributed by atoms with Crippen molar-refractivity contribution < 1.29 is 4.79 Å². The van der Waals surface area contributed by atoms with E-state index in [2.05, 4.69) is 55.2 Å². The van der Waals surface area contributed by atoms with E-state index < -0.39 is 0 Å². The molecular weight excluding hydrogens is 414 g/mol. The summed E-state index contributed by atoms with van der Waals surface area (Å²) in [7, 11) is 0. The Morgan fingerprint density at radius 2 is 1.70 bits per heavy atom. The van der Waals surface area contributed by atoms with Crippen LogP contribution in [0.1, 0.15) is 17.0 Å². The fraction of sp³-hybridized carbons (Fsp3) is 0.440. The molecule has 0 radical (unpaired) electrons. The first-order valence-electron chi connectivity index (χ1n) is 11.7. The maximum absolute atomic E-state index is 13.0. The molecule has 1 amide bonds. The van der Waals surface area contributed by atoms with E-state index in [4.69, 9.17) is 0 Å². The average Bonchev–Trinajstić information content (AvgIpc) is 3.16. The monoisotopic (exact) mass is 445 g/mol. The molecule has 2 aromatic heterocycles. The van der Waals surface area contributed by atoms with Gasteiger partial charge in [0.25, 0.3) is 0 Å². The Bertz CT molecular complexity index is 1100. The normalized spacial score (nSPS) is 17.3. The van der Waals surface area contributed by atoms with Gasteiger partial charge in [-0.1, -0.05) is 30.3 Å². The van der Waals surface area contributed by atoms with Crippen molar-refractivity contribution in [2.75, 3.05) is 50.7 Å². The van der Waals surface area contributed by atoms with Crippen molar-refractivity contribution in [3.63, 3.8) is 0 Å². The van der Waals surface area contributed by atoms with Crippen LogP contribution in [0.15, 0.2) is 48.8 Å². The Hall–Kier alpha value is -3.26. The standard InChI is InChI=1S/C25H31N7O/c1-19-14-20(2)32(28-19)24-15-23(26-18-27-24)31-16-22(17-31)25(33)30-12-10-29(11-13-30)9-8-21-6-4-3-5-7-21/h3-7,14-15,18,22H,8-13,16-17H2,1-2H3. The summed E-state index contributed by atoms with van der Waals surface area (Å²) in [5.41, 5.74) is 3.37. The minimum Gasteiger partial charge on any atom is -0.355 e. The number of amides is 1. The molecule has 8 heteroatoms. The van der Waals surface area contributed by atoms with E-state index in [1.165, 1.54) is 5.56 Å². The molecule has 172 valence electrons. The smallest absolute Gasteiger partial charge is 0.229 e. The molecule has 2 saturated heterocycles. The fourth-order valence-electron chi connectivity index (χ4n) is 4.69. The van der Waals surface area contributed by atoms with Crippen LogP contribution in [-0.2, 0) is 11.2 Å². The third-order valence-electron chi connectivity index (χ3n) is 6.66. The topological polar surface area (TPSA) is 70.4 Å². The highest BCUT2D eigenvalue weighted by atomic mass is 16.2. The SMILES string of the molecule is Cc1cc(C)n(-c2cc(N3CC(C(=O)N4CCN(CCc5ccccc5)CC4)C3)ncn2)n1. The number of benzene rings is 1. The number of anilines is 1. The highest BCUT2D eigenvalue weighted by Gasteiger charge is 2.37. The van der Waals surface area contributed by atoms with Crippen LogP contribution in [0.4, 0.5) is 5.82 Å². The Balaban J connectivity index is 1.11. The Morgan fingerprint density at radius 1 is 0.970 bits per heavy atom. The van der Waals surface area contributed by atoms with Crippen LogP contribution in [0.3, 0.4) is 0 Å². The van der Waals surface area contributed by atoms with Crippen molar-refractivity contribution in [2.45, 2.75) is 20.3 Å². The van der Waals surface area contributed by atoms with Crippen LogP contribution >= 0.6 is 0 Å². The van der Waals surface area contributed by atoms with Gasteiger partial charge in [0.05, 0.1) is 11.6 Å². The van der Waals surface area contributed by atoms with E-state index in [-0.39, 0.29) is 11.8 Å². The number of hydrogen-bond acceptors (Lipinski definition) is 6. The number of carbonyl (C=O) groups is 1. The second-order valence-electron chi connectivity index (χ2n) is 9.08. The third-order valence-corrected chi connectivity index (χ3v) is 6.66. The molecule has 33 heavy (non-hydrogen) atoms. The molecule has 0 bridgehead atoms. The molecule has 0 saturated carbocycles. The lowest BCUT2D eigenvalue weighted by atomic mass is 9.98. The van der Waals surface area contributed by atoms with Gasteiger partial charge < -0.3 is 9.80 Å². The summed E-state index contributed by atoms with van der Waals surface area (Å²) in [5.74, 6) is 1.93. The highest BCUT2D eigenvalue weighted by Crippen LogP contribution is 2.26. The summed E-state index contributed by atoms with van der Waals surface area (Å²) in [6.07, 6.45) is 2.63. The van der Waals surface area contributed by atoms with Gasteiger partial charge in [0.2, 0.25) is 5.91 Å². The summed E-state index contributed by atoms with van der Waals surface area (Å²) in [6, 6.07) is 14.6. The quantitative estimate of drug-likeness (QED) is 0.579. The average molecular weight is 446 g/mol. The van der Waals surface area contributed by atoms with Crippen molar-refractivity contribution >= 4 is 11.7 Å². The van der Waals surface area contributed by atoms with Crippen molar-refractivity contribution in [3.05, 3.63) is 65.7 Å². The summed E-state index contributed by atoms with van der Waals surface area (Å²) in [6.45, 7) is 10.00. The van der Waals surface area contributed by atoms with E-state index in [9.17, 15) is 4.79 Å². The van der Waals surface area contributed by atoms with Crippen molar-refractivity contribution in [1.82, 2.24) is 29.5 Å². The number of nitrogens with zero attached hydrogens (tertiary/aromatic N) is 7. The minimum atomic E-state index is 0.0490. The largest absolute Gasteiger partial charge is 0.355 e. The molecule has 0 aliphatic carbocycles. The number of aryl methyl sites for hydroxylation is 2. The summed E-state index contributed by atoms with van der Waals surface area (Å²) in [5, 5.41) is 4.51. The second-order valence-corrected chi connectivity index (χ2v) is 9.08. The molecule has 1 aromatic carbocycles. The van der Waals surface area contributed by atoms with E-state index in [0.29, 0.717) is 13.1 Å². The maximum atomic E-state index is 13.0. The van der Waals surface area contributed by atoms with E-state index in [1.54, 1.807) is 6.33 Å². The Labute approximate surface area is 194 Å². The zero-order chi connectivity index (χ0) is 22.8. The van der Waals surface area contributed by atoms with Crippen LogP contribution < -0.4 is 4.90 Å². The van der Waals surface area contributed by atoms with Gasteiger partial charge in [-0.2, -0.15) is 5.10 Å². The number of rotatable bonds is 6. The van der Waals surface area contributed by atoms with Gasteiger partial charge in [-0.15, -0.1) is 0 Å². The molecule has 8 nitrogen and oxygen atoms in total. The Kier molecular flexibility index (Phi) is 6.09. The van der Waals surface area contributed by atoms with E-state index in [1.807, 2.05) is 35.6 Å². The van der Waals surface area contributed by atoms with Gasteiger partial charge in [0.1, 0.15) is 12.1 Å². The fourth-order valence-corrected chi connectivity index (χ4v) is 4.69. The van der Waals surface area contributed by atoms with Gasteiger partial charge >= 0.3 is 0 Å². The lowest BCUT2D eigenvalue weighted by molar-refractivity contribution is -0.138. The van der Waals surface area contributed by atoms with Crippen molar-refractivity contribution in [3.8, 4) is 5.82 Å². The van der Waals surface area contributed by atoms with Crippen LogP contribution in [0.25, 0.3) is 5.82 Å². The number of aromatic nitrogens is 4. The summed E-state index contributed by atoms with van der Waals surface area (Å²) < 4.78 is 1.83. The van der Waals surface area contributed by atoms with Gasteiger partial charge in [-0.05, 0) is 31.9 Å². The Morgan fingerprint density at radius 3 is 2.39 bits per heavy atom. The van der Waals surface area contributed by atoms with Crippen LogP contribution in [0.2, 0.25) is 0 Å². The van der Waals surface area contributed by atoms with E-state index >= 15 is 0 Å². The van der Waals surface area contributed by atoms with Crippen molar-refractivity contribution in [2.24, 2.45) is 5.92 Å². The molecule has 0 unspecified atom stereocenters. The van der Waals surface area contributed by atoms with Crippen LogP contribution in [0, 0.1) is 19.8 Å². The summed E-state index contributed by atoms with van der Waals surface area (Å²) >= 11 is 0. The zero-order valence-corrected chi connectivity index (χ0v) is 19.4. The van der Waals surface area contributed by atoms with Gasteiger partial charge in [0, 0.05) is 57.6 Å². The van der Waals surface area contributed by atoms with Gasteiger partial charge in [-0.3, -0.25) is 9.69 Å². The van der Waals surface area contributed by atoms with E-state index in [0.717, 1.165) is 62.2 Å². The first-order valence-corrected chi connectivity index (χ1v) is 11.7. The predicted octanol–water partition coefficient (Wildman–Crippen LogP) is 2.10. The molecule has 0 spiro atoms. The third kappa shape index (κ3) is 4.75. The minimum absolute atomic E-state index is 0.0490. The lowest BCUT2D eigenvalue weighted by Gasteiger charge is -2.43. The van der Waals surface area contributed by atoms with Crippen LogP contribution in [0.5, 0.6) is 0 Å². The van der Waals surface area contributed by atoms with Crippen LogP contribution in [-0.4, -0.2) is 81.3 Å². The molecule has 0 atom stereocenters. The number of piperazine rings is 1. The maximum Gasteiger partial charge on any atom is 0.229 e. The van der Waals surface area contributed by atoms with Crippen molar-refractivity contribution in [1.29, 1.82) is 0 Å². The number of carbonyl (C=O) groups excluding carboxylic acids is 1. The predicted molar refractivity (Wildman–Crippen MR) is 127 cm³/mol. The number of hydrogen-bond donors (Lipinski definition) is 0. The lowest BCUT2D eigenvalue weighted by Crippen LogP contribution is -2.58.